The van der Waals surface area contributed by atoms with Gasteiger partial charge in [0.05, 0.1) is 17.3 Å². The molecule has 0 atom stereocenters. The molecule has 0 aromatic heterocycles. The van der Waals surface area contributed by atoms with Crippen molar-refractivity contribution in [2.45, 2.75) is 6.92 Å². The van der Waals surface area contributed by atoms with E-state index in [1.807, 2.05) is 30.3 Å². The summed E-state index contributed by atoms with van der Waals surface area (Å²) in [7, 11) is 0. The van der Waals surface area contributed by atoms with Gasteiger partial charge in [0.15, 0.2) is 5.82 Å². The first kappa shape index (κ1) is 13.2. The Bertz CT molecular complexity index is 650. The first-order chi connectivity index (χ1) is 9.17. The number of aliphatic imine (C=N–C) groups is 1. The first-order valence-corrected chi connectivity index (χ1v) is 6.34. The first-order valence-electron chi connectivity index (χ1n) is 5.55. The van der Waals surface area contributed by atoms with Gasteiger partial charge in [0, 0.05) is 23.0 Å². The molecule has 4 nitrogen and oxygen atoms in total. The number of nitrogens with zero attached hydrogens (tertiary/aromatic N) is 4. The van der Waals surface area contributed by atoms with Crippen molar-refractivity contribution in [2.75, 3.05) is 0 Å². The fourth-order valence-corrected chi connectivity index (χ4v) is 2.13. The second-order valence-electron chi connectivity index (χ2n) is 3.85. The van der Waals surface area contributed by atoms with Crippen LogP contribution >= 0.6 is 15.9 Å². The van der Waals surface area contributed by atoms with Gasteiger partial charge >= 0.3 is 0 Å². The van der Waals surface area contributed by atoms with Gasteiger partial charge in [-0.2, -0.15) is 10.4 Å². The Kier molecular flexibility index (Phi) is 3.93. The molecule has 1 heterocycles. The Labute approximate surface area is 120 Å². The molecule has 2 rings (SSSR count). The van der Waals surface area contributed by atoms with E-state index < -0.39 is 0 Å². The molecule has 0 bridgehead atoms. The van der Waals surface area contributed by atoms with E-state index in [0.29, 0.717) is 11.4 Å². The van der Waals surface area contributed by atoms with Crippen molar-refractivity contribution in [2.24, 2.45) is 10.1 Å². The maximum Gasteiger partial charge on any atom is 0.167 e. The summed E-state index contributed by atoms with van der Waals surface area (Å²) in [5.74, 6) is 0.495. The summed E-state index contributed by atoms with van der Waals surface area (Å²) in [6, 6.07) is 9.91. The van der Waals surface area contributed by atoms with E-state index in [0.717, 1.165) is 15.7 Å². The number of rotatable bonds is 2. The molecule has 0 spiro atoms. The maximum atomic E-state index is 9.00. The van der Waals surface area contributed by atoms with E-state index in [4.69, 9.17) is 5.26 Å². The van der Waals surface area contributed by atoms with Crippen molar-refractivity contribution in [1.82, 2.24) is 5.01 Å². The number of halogens is 1. The van der Waals surface area contributed by atoms with Crippen LogP contribution in [0, 0.1) is 11.3 Å². The number of nitriles is 1. The van der Waals surface area contributed by atoms with Gasteiger partial charge in [-0.1, -0.05) is 28.1 Å². The molecule has 5 heteroatoms. The molecule has 19 heavy (non-hydrogen) atoms. The van der Waals surface area contributed by atoms with Crippen LogP contribution in [0.5, 0.6) is 0 Å². The molecule has 1 aromatic carbocycles. The summed E-state index contributed by atoms with van der Waals surface area (Å²) in [4.78, 5) is 4.19. The lowest BCUT2D eigenvalue weighted by Crippen LogP contribution is -2.18. The number of hydrogen-bond donors (Lipinski definition) is 0. The van der Waals surface area contributed by atoms with Crippen LogP contribution in [0.4, 0.5) is 0 Å². The summed E-state index contributed by atoms with van der Waals surface area (Å²) in [5, 5.41) is 14.5. The van der Waals surface area contributed by atoms with Gasteiger partial charge in [0.2, 0.25) is 0 Å². The molecule has 0 aliphatic carbocycles. The molecule has 94 valence electrons. The quantitative estimate of drug-likeness (QED) is 0.619. The van der Waals surface area contributed by atoms with Gasteiger partial charge in [-0.3, -0.25) is 0 Å². The Balaban J connectivity index is 2.53. The second-order valence-corrected chi connectivity index (χ2v) is 4.77. The normalized spacial score (nSPS) is 16.7. The Hall–Kier alpha value is -2.19. The zero-order chi connectivity index (χ0) is 13.8. The lowest BCUT2D eigenvalue weighted by Gasteiger charge is -2.24. The zero-order valence-electron chi connectivity index (χ0n) is 10.3. The molecule has 1 aliphatic heterocycles. The third kappa shape index (κ3) is 2.64. The molecular formula is C14H11BrN4. The Morgan fingerprint density at radius 2 is 2.32 bits per heavy atom. The standard InChI is InChI=1S/C14H11BrN4/c1-10(9-16)14-18-7-6-13(19(14)17-2)11-4-3-5-12(15)8-11/h3-8H,2H2,1H3/b14-10+. The highest BCUT2D eigenvalue weighted by Gasteiger charge is 2.19. The van der Waals surface area contributed by atoms with E-state index >= 15 is 0 Å². The van der Waals surface area contributed by atoms with Crippen molar-refractivity contribution in [3.05, 3.63) is 51.8 Å². The number of hydrazone groups is 1. The summed E-state index contributed by atoms with van der Waals surface area (Å²) in [6.07, 6.45) is 3.50. The Morgan fingerprint density at radius 1 is 1.53 bits per heavy atom. The molecular weight excluding hydrogens is 304 g/mol. The van der Waals surface area contributed by atoms with Crippen LogP contribution in [0.1, 0.15) is 12.5 Å². The molecule has 1 aliphatic rings. The predicted octanol–water partition coefficient (Wildman–Crippen LogP) is 3.55. The molecule has 0 saturated carbocycles. The summed E-state index contributed by atoms with van der Waals surface area (Å²) in [6.45, 7) is 5.26. The highest BCUT2D eigenvalue weighted by Crippen LogP contribution is 2.29. The minimum absolute atomic E-state index is 0.490. The van der Waals surface area contributed by atoms with Crippen LogP contribution in [-0.4, -0.2) is 17.9 Å². The van der Waals surface area contributed by atoms with Gasteiger partial charge in [-0.25, -0.2) is 10.0 Å². The number of allylic oxidation sites excluding steroid dienone is 2. The third-order valence-electron chi connectivity index (χ3n) is 2.62. The minimum atomic E-state index is 0.490. The van der Waals surface area contributed by atoms with Crippen molar-refractivity contribution in [1.29, 1.82) is 5.26 Å². The number of benzene rings is 1. The molecule has 0 unspecified atom stereocenters. The maximum absolute atomic E-state index is 9.00. The fourth-order valence-electron chi connectivity index (χ4n) is 1.73. The topological polar surface area (TPSA) is 51.8 Å². The van der Waals surface area contributed by atoms with Crippen LogP contribution in [0.2, 0.25) is 0 Å². The summed E-state index contributed by atoms with van der Waals surface area (Å²) >= 11 is 3.44. The van der Waals surface area contributed by atoms with Gasteiger partial charge in [0.25, 0.3) is 0 Å². The molecule has 0 amide bonds. The monoisotopic (exact) mass is 314 g/mol. The lowest BCUT2D eigenvalue weighted by atomic mass is 10.1. The zero-order valence-corrected chi connectivity index (χ0v) is 11.9. The van der Waals surface area contributed by atoms with Gasteiger partial charge in [0.1, 0.15) is 0 Å². The average molecular weight is 315 g/mol. The van der Waals surface area contributed by atoms with Crippen molar-refractivity contribution in [3.63, 3.8) is 0 Å². The van der Waals surface area contributed by atoms with E-state index in [9.17, 15) is 0 Å². The van der Waals surface area contributed by atoms with E-state index in [-0.39, 0.29) is 0 Å². The van der Waals surface area contributed by atoms with Crippen LogP contribution in [0.15, 0.2) is 56.3 Å². The lowest BCUT2D eigenvalue weighted by molar-refractivity contribution is 0.515. The van der Waals surface area contributed by atoms with E-state index in [1.165, 1.54) is 0 Å². The van der Waals surface area contributed by atoms with Gasteiger partial charge in [-0.15, -0.1) is 0 Å². The largest absolute Gasteiger partial charge is 0.236 e. The van der Waals surface area contributed by atoms with Crippen LogP contribution < -0.4 is 0 Å². The van der Waals surface area contributed by atoms with Crippen LogP contribution in [0.3, 0.4) is 0 Å². The van der Waals surface area contributed by atoms with Gasteiger partial charge < -0.3 is 0 Å². The SMILES string of the molecule is C=NN1C(c2cccc(Br)c2)=CC=N/C1=C(/C)C#N. The van der Waals surface area contributed by atoms with Crippen molar-refractivity contribution < 1.29 is 0 Å². The van der Waals surface area contributed by atoms with Gasteiger partial charge in [-0.05, 0) is 25.1 Å². The molecule has 1 aromatic rings. The molecule has 0 N–H and O–H groups in total. The van der Waals surface area contributed by atoms with Crippen molar-refractivity contribution >= 4 is 34.6 Å². The van der Waals surface area contributed by atoms with Crippen LogP contribution in [0.25, 0.3) is 5.70 Å². The minimum Gasteiger partial charge on any atom is -0.236 e. The second kappa shape index (κ2) is 5.63. The molecule has 0 radical (unpaired) electrons. The summed E-state index contributed by atoms with van der Waals surface area (Å²) in [5.41, 5.74) is 2.29. The molecule has 0 fully saturated rings. The van der Waals surface area contributed by atoms with Crippen LogP contribution in [-0.2, 0) is 0 Å². The highest BCUT2D eigenvalue weighted by molar-refractivity contribution is 9.10. The van der Waals surface area contributed by atoms with Crippen molar-refractivity contribution in [3.8, 4) is 6.07 Å². The highest BCUT2D eigenvalue weighted by atomic mass is 79.9. The average Bonchev–Trinajstić information content (AvgIpc) is 2.45. The van der Waals surface area contributed by atoms with E-state index in [1.54, 1.807) is 18.1 Å². The van der Waals surface area contributed by atoms with E-state index in [2.05, 4.69) is 38.8 Å². The number of hydrogen-bond acceptors (Lipinski definition) is 4. The smallest absolute Gasteiger partial charge is 0.167 e. The summed E-state index contributed by atoms with van der Waals surface area (Å²) < 4.78 is 0.972. The molecule has 0 saturated heterocycles. The fraction of sp³-hybridized carbons (Fsp3) is 0.0714. The predicted molar refractivity (Wildman–Crippen MR) is 80.3 cm³/mol. The Morgan fingerprint density at radius 3 is 2.95 bits per heavy atom. The third-order valence-corrected chi connectivity index (χ3v) is 3.12.